The molecule has 0 spiro atoms. The van der Waals surface area contributed by atoms with E-state index in [0.29, 0.717) is 24.8 Å². The summed E-state index contributed by atoms with van der Waals surface area (Å²) in [6.07, 6.45) is 5.48. The number of carbonyl (C=O) groups excluding carboxylic acids is 1. The number of pyridine rings is 1. The van der Waals surface area contributed by atoms with Crippen LogP contribution in [0.4, 0.5) is 0 Å². The van der Waals surface area contributed by atoms with Crippen molar-refractivity contribution in [1.82, 2.24) is 30.2 Å². The minimum Gasteiger partial charge on any atom is -0.347 e. The van der Waals surface area contributed by atoms with Crippen molar-refractivity contribution in [2.75, 3.05) is 13.1 Å². The number of benzene rings is 1. The lowest BCUT2D eigenvalue weighted by Gasteiger charge is -2.22. The van der Waals surface area contributed by atoms with Crippen molar-refractivity contribution in [2.45, 2.75) is 32.0 Å². The zero-order chi connectivity index (χ0) is 20.1. The number of hydrogen-bond donors (Lipinski definition) is 2. The van der Waals surface area contributed by atoms with Gasteiger partial charge in [0, 0.05) is 18.8 Å². The Balaban J connectivity index is 1.32. The maximum atomic E-state index is 12.4. The molecule has 1 fully saturated rings. The molecule has 1 amide bonds. The summed E-state index contributed by atoms with van der Waals surface area (Å²) in [5.74, 6) is -0.231. The molecule has 8 heteroatoms. The van der Waals surface area contributed by atoms with E-state index in [9.17, 15) is 9.59 Å². The number of aromatic nitrogens is 4. The number of carbonyl (C=O) groups is 1. The van der Waals surface area contributed by atoms with Crippen LogP contribution in [-0.4, -0.2) is 38.6 Å². The van der Waals surface area contributed by atoms with Crippen LogP contribution < -0.4 is 16.2 Å². The molecule has 3 aromatic rings. The third-order valence-electron chi connectivity index (χ3n) is 5.15. The number of nitrogens with one attached hydrogen (secondary N) is 2. The third kappa shape index (κ3) is 4.78. The molecule has 1 saturated heterocycles. The summed E-state index contributed by atoms with van der Waals surface area (Å²) in [6, 6.07) is 13.3. The van der Waals surface area contributed by atoms with Crippen LogP contribution in [0.2, 0.25) is 0 Å². The lowest BCUT2D eigenvalue weighted by atomic mass is 10.1. The number of amides is 1. The molecule has 8 nitrogen and oxygen atoms in total. The normalized spacial score (nSPS) is 14.6. The molecule has 0 radical (unpaired) electrons. The SMILES string of the molecule is O=C(NCc1ccc(Cn2ccccc2=O)cc1)c1cn(C2CCNCC2)nn1. The van der Waals surface area contributed by atoms with Crippen LogP contribution in [0.15, 0.2) is 59.7 Å². The molecular formula is C21H24N6O2. The second kappa shape index (κ2) is 8.83. The quantitative estimate of drug-likeness (QED) is 0.660. The molecule has 4 rings (SSSR count). The van der Waals surface area contributed by atoms with Gasteiger partial charge < -0.3 is 15.2 Å². The molecule has 1 aromatic carbocycles. The highest BCUT2D eigenvalue weighted by atomic mass is 16.2. The van der Waals surface area contributed by atoms with Crippen molar-refractivity contribution in [3.05, 3.63) is 82.0 Å². The lowest BCUT2D eigenvalue weighted by molar-refractivity contribution is 0.0946. The van der Waals surface area contributed by atoms with E-state index in [2.05, 4.69) is 20.9 Å². The molecule has 29 heavy (non-hydrogen) atoms. The third-order valence-corrected chi connectivity index (χ3v) is 5.15. The summed E-state index contributed by atoms with van der Waals surface area (Å²) in [6.45, 7) is 2.85. The number of rotatable bonds is 6. The summed E-state index contributed by atoms with van der Waals surface area (Å²) < 4.78 is 3.46. The predicted octanol–water partition coefficient (Wildman–Crippen LogP) is 1.34. The van der Waals surface area contributed by atoms with E-state index < -0.39 is 0 Å². The van der Waals surface area contributed by atoms with Gasteiger partial charge in [-0.3, -0.25) is 9.59 Å². The van der Waals surface area contributed by atoms with Crippen molar-refractivity contribution in [3.8, 4) is 0 Å². The Morgan fingerprint density at radius 3 is 2.62 bits per heavy atom. The van der Waals surface area contributed by atoms with Crippen LogP contribution in [0, 0.1) is 0 Å². The Hall–Kier alpha value is -3.26. The average molecular weight is 392 g/mol. The van der Waals surface area contributed by atoms with Gasteiger partial charge in [0.15, 0.2) is 5.69 Å². The summed E-state index contributed by atoms with van der Waals surface area (Å²) in [5, 5.41) is 14.3. The second-order valence-electron chi connectivity index (χ2n) is 7.23. The molecule has 1 aliphatic rings. The Kier molecular flexibility index (Phi) is 5.81. The van der Waals surface area contributed by atoms with Gasteiger partial charge in [-0.2, -0.15) is 0 Å². The van der Waals surface area contributed by atoms with Crippen LogP contribution in [0.3, 0.4) is 0 Å². The Morgan fingerprint density at radius 1 is 1.10 bits per heavy atom. The molecule has 3 heterocycles. The highest BCUT2D eigenvalue weighted by Crippen LogP contribution is 2.17. The fourth-order valence-corrected chi connectivity index (χ4v) is 3.45. The lowest BCUT2D eigenvalue weighted by Crippen LogP contribution is -2.29. The first-order valence-electron chi connectivity index (χ1n) is 9.83. The molecule has 2 aromatic heterocycles. The zero-order valence-electron chi connectivity index (χ0n) is 16.1. The standard InChI is InChI=1S/C21H24N6O2/c28-20-3-1-2-12-26(20)14-17-6-4-16(5-7-17)13-23-21(29)19-15-27(25-24-19)18-8-10-22-11-9-18/h1-7,12,15,18,22H,8-11,13-14H2,(H,23,29). The van der Waals surface area contributed by atoms with Gasteiger partial charge in [-0.05, 0) is 43.1 Å². The van der Waals surface area contributed by atoms with E-state index in [-0.39, 0.29) is 11.5 Å². The predicted molar refractivity (Wildman–Crippen MR) is 109 cm³/mol. The first-order valence-corrected chi connectivity index (χ1v) is 9.83. The van der Waals surface area contributed by atoms with Gasteiger partial charge in [0.2, 0.25) is 0 Å². The van der Waals surface area contributed by atoms with E-state index in [4.69, 9.17) is 0 Å². The van der Waals surface area contributed by atoms with Crippen molar-refractivity contribution < 1.29 is 4.79 Å². The van der Waals surface area contributed by atoms with Crippen LogP contribution in [0.1, 0.15) is 40.5 Å². The van der Waals surface area contributed by atoms with Crippen LogP contribution in [0.25, 0.3) is 0 Å². The monoisotopic (exact) mass is 392 g/mol. The largest absolute Gasteiger partial charge is 0.347 e. The van der Waals surface area contributed by atoms with Crippen molar-refractivity contribution >= 4 is 5.91 Å². The van der Waals surface area contributed by atoms with Gasteiger partial charge >= 0.3 is 0 Å². The molecule has 150 valence electrons. The molecule has 0 unspecified atom stereocenters. The molecule has 2 N–H and O–H groups in total. The average Bonchev–Trinajstić information content (AvgIpc) is 3.26. The van der Waals surface area contributed by atoms with Crippen LogP contribution in [-0.2, 0) is 13.1 Å². The molecule has 1 aliphatic heterocycles. The van der Waals surface area contributed by atoms with Crippen molar-refractivity contribution in [3.63, 3.8) is 0 Å². The minimum absolute atomic E-state index is 0.0265. The Bertz CT molecular complexity index is 1020. The van der Waals surface area contributed by atoms with Gasteiger partial charge in [0.05, 0.1) is 18.8 Å². The minimum atomic E-state index is -0.231. The van der Waals surface area contributed by atoms with Crippen LogP contribution >= 0.6 is 0 Å². The van der Waals surface area contributed by atoms with E-state index >= 15 is 0 Å². The number of nitrogens with zero attached hydrogens (tertiary/aromatic N) is 4. The van der Waals surface area contributed by atoms with E-state index in [1.54, 1.807) is 33.8 Å². The topological polar surface area (TPSA) is 93.8 Å². The summed E-state index contributed by atoms with van der Waals surface area (Å²) in [5.41, 5.74) is 2.32. The molecule has 0 aliphatic carbocycles. The molecular weight excluding hydrogens is 368 g/mol. The van der Waals surface area contributed by atoms with E-state index in [1.165, 1.54) is 0 Å². The fourth-order valence-electron chi connectivity index (χ4n) is 3.45. The highest BCUT2D eigenvalue weighted by molar-refractivity contribution is 5.91. The number of piperidine rings is 1. The van der Waals surface area contributed by atoms with Gasteiger partial charge in [0.1, 0.15) is 0 Å². The first-order chi connectivity index (χ1) is 14.2. The molecule has 0 saturated carbocycles. The van der Waals surface area contributed by atoms with Gasteiger partial charge in [-0.15, -0.1) is 5.10 Å². The summed E-state index contributed by atoms with van der Waals surface area (Å²) in [4.78, 5) is 24.2. The maximum absolute atomic E-state index is 12.4. The second-order valence-corrected chi connectivity index (χ2v) is 7.23. The van der Waals surface area contributed by atoms with Gasteiger partial charge in [-0.1, -0.05) is 35.5 Å². The fraction of sp³-hybridized carbons (Fsp3) is 0.333. The highest BCUT2D eigenvalue weighted by Gasteiger charge is 2.18. The Morgan fingerprint density at radius 2 is 1.86 bits per heavy atom. The number of hydrogen-bond acceptors (Lipinski definition) is 5. The van der Waals surface area contributed by atoms with E-state index in [1.807, 2.05) is 30.3 Å². The summed E-state index contributed by atoms with van der Waals surface area (Å²) >= 11 is 0. The maximum Gasteiger partial charge on any atom is 0.273 e. The van der Waals surface area contributed by atoms with Crippen molar-refractivity contribution in [1.29, 1.82) is 0 Å². The Labute approximate surface area is 168 Å². The van der Waals surface area contributed by atoms with E-state index in [0.717, 1.165) is 37.1 Å². The summed E-state index contributed by atoms with van der Waals surface area (Å²) in [7, 11) is 0. The van der Waals surface area contributed by atoms with Crippen molar-refractivity contribution in [2.24, 2.45) is 0 Å². The molecule has 0 bridgehead atoms. The first kappa shape index (κ1) is 19.1. The van der Waals surface area contributed by atoms with Crippen LogP contribution in [0.5, 0.6) is 0 Å². The van der Waals surface area contributed by atoms with Gasteiger partial charge in [-0.25, -0.2) is 4.68 Å². The smallest absolute Gasteiger partial charge is 0.273 e. The molecule has 0 atom stereocenters. The zero-order valence-corrected chi connectivity index (χ0v) is 16.1. The van der Waals surface area contributed by atoms with Gasteiger partial charge in [0.25, 0.3) is 11.5 Å².